The molecule has 2 N–H and O–H groups in total. The number of pyridine rings is 1. The van der Waals surface area contributed by atoms with Crippen LogP contribution in [0.4, 0.5) is 14.9 Å². The number of nitrogens with zero attached hydrogens (tertiary/aromatic N) is 4. The number of nitriles is 1. The molecule has 0 unspecified atom stereocenters. The molecule has 164 valence electrons. The van der Waals surface area contributed by atoms with E-state index in [1.165, 1.54) is 4.57 Å². The van der Waals surface area contributed by atoms with Gasteiger partial charge in [0, 0.05) is 41.5 Å². The summed E-state index contributed by atoms with van der Waals surface area (Å²) in [6, 6.07) is 16.0. The van der Waals surface area contributed by atoms with Crippen molar-refractivity contribution in [1.29, 1.82) is 5.26 Å². The summed E-state index contributed by atoms with van der Waals surface area (Å²) in [5, 5.41) is 14.6. The third kappa shape index (κ3) is 3.53. The fourth-order valence-electron chi connectivity index (χ4n) is 4.05. The molecule has 2 aromatic heterocycles. The number of hydrogen-bond acceptors (Lipinski definition) is 5. The highest BCUT2D eigenvalue weighted by molar-refractivity contribution is 7.89. The maximum atomic E-state index is 14.3. The molecular weight excluding hydrogens is 445 g/mol. The van der Waals surface area contributed by atoms with Gasteiger partial charge in [-0.25, -0.2) is 22.7 Å². The van der Waals surface area contributed by atoms with Gasteiger partial charge in [0.15, 0.2) is 0 Å². The van der Waals surface area contributed by atoms with Crippen LogP contribution in [0.25, 0.3) is 22.2 Å². The van der Waals surface area contributed by atoms with Crippen molar-refractivity contribution in [2.45, 2.75) is 11.3 Å². The topological polar surface area (TPSA) is 122 Å². The van der Waals surface area contributed by atoms with E-state index >= 15 is 0 Å². The lowest BCUT2D eigenvalue weighted by atomic mass is 10.1. The van der Waals surface area contributed by atoms with Gasteiger partial charge in [0.1, 0.15) is 10.7 Å². The lowest BCUT2D eigenvalue weighted by Gasteiger charge is -2.29. The maximum absolute atomic E-state index is 14.3. The highest BCUT2D eigenvalue weighted by Gasteiger charge is 2.28. The van der Waals surface area contributed by atoms with E-state index in [9.17, 15) is 17.6 Å². The second kappa shape index (κ2) is 7.51. The average molecular weight is 461 g/mol. The number of halogens is 1. The highest BCUT2D eigenvalue weighted by Crippen LogP contribution is 2.31. The molecule has 0 radical (unpaired) electrons. The fourth-order valence-corrected chi connectivity index (χ4v) is 4.65. The van der Waals surface area contributed by atoms with Crippen molar-refractivity contribution in [2.75, 3.05) is 11.4 Å². The van der Waals surface area contributed by atoms with E-state index in [4.69, 9.17) is 10.4 Å². The first-order valence-electron chi connectivity index (χ1n) is 9.91. The average Bonchev–Trinajstić information content (AvgIpc) is 3.16. The van der Waals surface area contributed by atoms with E-state index in [0.717, 1.165) is 17.7 Å². The Bertz CT molecular complexity index is 1590. The van der Waals surface area contributed by atoms with Crippen molar-refractivity contribution in [3.8, 4) is 17.3 Å². The molecule has 0 spiro atoms. The molecule has 5 rings (SSSR count). The molecule has 4 aromatic rings. The van der Waals surface area contributed by atoms with E-state index in [1.807, 2.05) is 12.1 Å². The van der Waals surface area contributed by atoms with Gasteiger partial charge in [-0.15, -0.1) is 0 Å². The predicted octanol–water partition coefficient (Wildman–Crippen LogP) is 3.39. The van der Waals surface area contributed by atoms with Gasteiger partial charge in [0.2, 0.25) is 10.0 Å². The number of benzene rings is 2. The Balaban J connectivity index is 1.52. The largest absolute Gasteiger partial charge is 0.333 e. The van der Waals surface area contributed by atoms with Crippen LogP contribution in [-0.2, 0) is 16.4 Å². The lowest BCUT2D eigenvalue weighted by molar-refractivity contribution is 0.246. The minimum atomic E-state index is -4.29. The number of anilines is 1. The van der Waals surface area contributed by atoms with E-state index in [-0.39, 0.29) is 11.5 Å². The van der Waals surface area contributed by atoms with Crippen molar-refractivity contribution in [3.63, 3.8) is 0 Å². The van der Waals surface area contributed by atoms with Crippen molar-refractivity contribution >= 4 is 32.6 Å². The molecule has 0 saturated carbocycles. The monoisotopic (exact) mass is 461 g/mol. The minimum Gasteiger partial charge on any atom is -0.293 e. The predicted molar refractivity (Wildman–Crippen MR) is 120 cm³/mol. The number of sulfonamides is 1. The minimum absolute atomic E-state index is 0.277. The van der Waals surface area contributed by atoms with E-state index in [2.05, 4.69) is 11.1 Å². The molecule has 0 atom stereocenters. The van der Waals surface area contributed by atoms with Crippen LogP contribution in [0.15, 0.2) is 65.7 Å². The zero-order chi connectivity index (χ0) is 23.3. The summed E-state index contributed by atoms with van der Waals surface area (Å²) in [5.41, 5.74) is 3.51. The van der Waals surface area contributed by atoms with Gasteiger partial charge in [-0.2, -0.15) is 5.26 Å². The summed E-state index contributed by atoms with van der Waals surface area (Å²) in [6.07, 6.45) is 2.06. The summed E-state index contributed by atoms with van der Waals surface area (Å²) >= 11 is 0. The van der Waals surface area contributed by atoms with Crippen molar-refractivity contribution in [1.82, 2.24) is 9.55 Å². The smallest absolute Gasteiger partial charge is 0.293 e. The summed E-state index contributed by atoms with van der Waals surface area (Å²) < 4.78 is 39.2. The Kier molecular flexibility index (Phi) is 4.74. The molecule has 2 aromatic carbocycles. The van der Waals surface area contributed by atoms with E-state index in [0.29, 0.717) is 41.0 Å². The van der Waals surface area contributed by atoms with Gasteiger partial charge in [0.05, 0.1) is 22.8 Å². The Morgan fingerprint density at radius 3 is 2.55 bits per heavy atom. The Hall–Kier alpha value is -4.07. The van der Waals surface area contributed by atoms with Gasteiger partial charge >= 0.3 is 6.03 Å². The number of rotatable bonds is 3. The summed E-state index contributed by atoms with van der Waals surface area (Å²) in [5.74, 6) is -0.957. The normalized spacial score (nSPS) is 13.7. The molecular formula is C23H16FN5O3S. The van der Waals surface area contributed by atoms with Crippen molar-refractivity contribution in [2.24, 2.45) is 5.14 Å². The molecule has 0 fully saturated rings. The Morgan fingerprint density at radius 2 is 1.85 bits per heavy atom. The molecule has 10 heteroatoms. The first-order chi connectivity index (χ1) is 15.8. The van der Waals surface area contributed by atoms with Gasteiger partial charge in [-0.1, -0.05) is 12.1 Å². The highest BCUT2D eigenvalue weighted by atomic mass is 32.2. The molecule has 0 saturated heterocycles. The van der Waals surface area contributed by atoms with Crippen LogP contribution in [0.3, 0.4) is 0 Å². The molecule has 8 nitrogen and oxygen atoms in total. The standard InChI is InChI=1S/C23H16FN5O3S/c24-19-11-16-10-18-6-8-28(23(30)29(18)21(16)12-22(19)33(26,31)32)17-3-1-15(2-4-17)20-9-14(13-25)5-7-27-20/h1-5,7,9-12H,6,8H2,(H2,26,31,32). The SMILES string of the molecule is N#Cc1ccnc(-c2ccc(N3CCc4cc5cc(F)c(S(N)(=O)=O)cc5n4C3=O)cc2)c1. The number of primary sulfonamides is 1. The molecule has 0 aliphatic carbocycles. The van der Waals surface area contributed by atoms with Crippen molar-refractivity contribution < 1.29 is 17.6 Å². The first-order valence-corrected chi connectivity index (χ1v) is 11.5. The lowest BCUT2D eigenvalue weighted by Crippen LogP contribution is -2.41. The third-order valence-corrected chi connectivity index (χ3v) is 6.54. The van der Waals surface area contributed by atoms with Crippen molar-refractivity contribution in [3.05, 3.63) is 77.9 Å². The molecule has 1 aliphatic heterocycles. The van der Waals surface area contributed by atoms with Gasteiger partial charge in [0.25, 0.3) is 0 Å². The quantitative estimate of drug-likeness (QED) is 0.501. The Labute approximate surface area is 188 Å². The summed E-state index contributed by atoms with van der Waals surface area (Å²) in [7, 11) is -4.29. The summed E-state index contributed by atoms with van der Waals surface area (Å²) in [4.78, 5) is 18.5. The Morgan fingerprint density at radius 1 is 1.09 bits per heavy atom. The molecule has 1 amide bonds. The number of carbonyl (C=O) groups excluding carboxylic acids is 1. The van der Waals surface area contributed by atoms with Gasteiger partial charge in [-0.3, -0.25) is 14.5 Å². The van der Waals surface area contributed by atoms with Crippen LogP contribution in [0.5, 0.6) is 0 Å². The van der Waals surface area contributed by atoms with Crippen LogP contribution < -0.4 is 10.0 Å². The van der Waals surface area contributed by atoms with Crippen LogP contribution in [0.2, 0.25) is 0 Å². The number of fused-ring (bicyclic) bond motifs is 3. The second-order valence-electron chi connectivity index (χ2n) is 7.63. The number of hydrogen-bond donors (Lipinski definition) is 1. The summed E-state index contributed by atoms with van der Waals surface area (Å²) in [6.45, 7) is 0.404. The van der Waals surface area contributed by atoms with Crippen LogP contribution in [-0.4, -0.2) is 30.5 Å². The van der Waals surface area contributed by atoms with Crippen LogP contribution in [0, 0.1) is 17.1 Å². The molecule has 33 heavy (non-hydrogen) atoms. The van der Waals surface area contributed by atoms with Gasteiger partial charge < -0.3 is 0 Å². The molecule has 0 bridgehead atoms. The molecule has 1 aliphatic rings. The van der Waals surface area contributed by atoms with Crippen LogP contribution in [0.1, 0.15) is 11.3 Å². The number of amides is 1. The van der Waals surface area contributed by atoms with Crippen LogP contribution >= 0.6 is 0 Å². The fraction of sp³-hybridized carbons (Fsp3) is 0.0870. The number of carbonyl (C=O) groups is 1. The maximum Gasteiger partial charge on any atom is 0.333 e. The second-order valence-corrected chi connectivity index (χ2v) is 9.16. The first kappa shape index (κ1) is 20.8. The zero-order valence-corrected chi connectivity index (χ0v) is 17.9. The van der Waals surface area contributed by atoms with E-state index in [1.54, 1.807) is 41.4 Å². The number of nitrogens with two attached hydrogens (primary N) is 1. The van der Waals surface area contributed by atoms with E-state index < -0.39 is 20.7 Å². The zero-order valence-electron chi connectivity index (χ0n) is 17.1. The number of aromatic nitrogens is 2. The molecule has 3 heterocycles. The van der Waals surface area contributed by atoms with Gasteiger partial charge in [-0.05, 0) is 42.5 Å². The third-order valence-electron chi connectivity index (χ3n) is 5.62.